The molecule has 106 valence electrons. The Morgan fingerprint density at radius 1 is 1.28 bits per heavy atom. The van der Waals surface area contributed by atoms with E-state index in [1.807, 2.05) is 13.8 Å². The quantitative estimate of drug-likeness (QED) is 0.810. The van der Waals surface area contributed by atoms with Crippen molar-refractivity contribution in [3.63, 3.8) is 0 Å². The van der Waals surface area contributed by atoms with Crippen LogP contribution < -0.4 is 0 Å². The molecule has 0 amide bonds. The summed E-state index contributed by atoms with van der Waals surface area (Å²) in [5, 5.41) is 20.3. The lowest BCUT2D eigenvalue weighted by atomic mass is 9.61. The van der Waals surface area contributed by atoms with Gasteiger partial charge in [0.15, 0.2) is 0 Å². The van der Waals surface area contributed by atoms with Crippen molar-refractivity contribution in [2.75, 3.05) is 0 Å². The fourth-order valence-corrected chi connectivity index (χ4v) is 5.05. The van der Waals surface area contributed by atoms with Crippen LogP contribution in [0.5, 0.6) is 0 Å². The number of fused-ring (bicyclic) bond motifs is 1. The van der Waals surface area contributed by atoms with E-state index >= 15 is 0 Å². The topological polar surface area (TPSA) is 40.5 Å². The summed E-state index contributed by atoms with van der Waals surface area (Å²) in [6, 6.07) is 0. The van der Waals surface area contributed by atoms with Crippen LogP contribution in [0.15, 0.2) is 0 Å². The van der Waals surface area contributed by atoms with Crippen molar-refractivity contribution in [2.45, 2.75) is 77.9 Å². The Morgan fingerprint density at radius 2 is 1.94 bits per heavy atom. The van der Waals surface area contributed by atoms with E-state index in [4.69, 9.17) is 0 Å². The summed E-state index contributed by atoms with van der Waals surface area (Å²) < 4.78 is 0. The van der Waals surface area contributed by atoms with Gasteiger partial charge in [0.1, 0.15) is 0 Å². The van der Waals surface area contributed by atoms with E-state index in [0.29, 0.717) is 23.2 Å². The van der Waals surface area contributed by atoms with Crippen LogP contribution in [0.3, 0.4) is 0 Å². The molecule has 0 aliphatic heterocycles. The molecule has 2 N–H and O–H groups in total. The fourth-order valence-electron chi connectivity index (χ4n) is 5.05. The Labute approximate surface area is 112 Å². The number of aliphatic hydroxyl groups is 2. The second-order valence-corrected chi connectivity index (χ2v) is 7.75. The van der Waals surface area contributed by atoms with Crippen LogP contribution in [0.4, 0.5) is 0 Å². The van der Waals surface area contributed by atoms with Crippen LogP contribution in [0.25, 0.3) is 0 Å². The SMILES string of the molecule is C[C@H](CC(C)(C)O)C1CCC2[C@@H](O)CCC[C@]12C. The number of aliphatic hydroxyl groups excluding tert-OH is 1. The van der Waals surface area contributed by atoms with Crippen molar-refractivity contribution in [3.8, 4) is 0 Å². The van der Waals surface area contributed by atoms with Crippen LogP contribution >= 0.6 is 0 Å². The van der Waals surface area contributed by atoms with E-state index in [9.17, 15) is 10.2 Å². The molecule has 0 bridgehead atoms. The van der Waals surface area contributed by atoms with Gasteiger partial charge in [-0.15, -0.1) is 0 Å². The molecule has 2 aliphatic rings. The lowest BCUT2D eigenvalue weighted by molar-refractivity contribution is -0.0376. The van der Waals surface area contributed by atoms with Gasteiger partial charge in [-0.25, -0.2) is 0 Å². The third-order valence-electron chi connectivity index (χ3n) is 5.67. The summed E-state index contributed by atoms with van der Waals surface area (Å²) in [7, 11) is 0. The Balaban J connectivity index is 2.10. The highest BCUT2D eigenvalue weighted by molar-refractivity contribution is 5.02. The summed E-state index contributed by atoms with van der Waals surface area (Å²) in [6.07, 6.45) is 6.62. The molecule has 2 nitrogen and oxygen atoms in total. The molecule has 2 unspecified atom stereocenters. The maximum atomic E-state index is 10.2. The summed E-state index contributed by atoms with van der Waals surface area (Å²) in [5.41, 5.74) is -0.260. The van der Waals surface area contributed by atoms with Crippen LogP contribution in [0.1, 0.15) is 66.2 Å². The molecule has 0 aromatic heterocycles. The molecule has 0 aromatic carbocycles. The number of hydrogen-bond acceptors (Lipinski definition) is 2. The molecule has 0 spiro atoms. The first-order chi connectivity index (χ1) is 8.24. The Morgan fingerprint density at radius 3 is 2.56 bits per heavy atom. The molecule has 2 rings (SSSR count). The summed E-state index contributed by atoms with van der Waals surface area (Å²) in [6.45, 7) is 8.50. The summed E-state index contributed by atoms with van der Waals surface area (Å²) in [4.78, 5) is 0. The number of hydrogen-bond donors (Lipinski definition) is 2. The molecular weight excluding hydrogens is 224 g/mol. The lowest BCUT2D eigenvalue weighted by Crippen LogP contribution is -2.42. The van der Waals surface area contributed by atoms with E-state index in [1.165, 1.54) is 25.7 Å². The van der Waals surface area contributed by atoms with Crippen molar-refractivity contribution < 1.29 is 10.2 Å². The lowest BCUT2D eigenvalue weighted by Gasteiger charge is -2.45. The van der Waals surface area contributed by atoms with Crippen molar-refractivity contribution in [2.24, 2.45) is 23.2 Å². The van der Waals surface area contributed by atoms with Gasteiger partial charge >= 0.3 is 0 Å². The smallest absolute Gasteiger partial charge is 0.0594 e. The first-order valence-electron chi connectivity index (χ1n) is 7.64. The average molecular weight is 254 g/mol. The van der Waals surface area contributed by atoms with Gasteiger partial charge in [-0.1, -0.05) is 20.3 Å². The van der Waals surface area contributed by atoms with Crippen molar-refractivity contribution in [3.05, 3.63) is 0 Å². The Kier molecular flexibility index (Phi) is 3.81. The number of rotatable bonds is 3. The van der Waals surface area contributed by atoms with Gasteiger partial charge in [0.25, 0.3) is 0 Å². The zero-order chi connectivity index (χ0) is 13.6. The second-order valence-electron chi connectivity index (χ2n) is 7.75. The minimum atomic E-state index is -0.568. The minimum Gasteiger partial charge on any atom is -0.393 e. The van der Waals surface area contributed by atoms with Crippen molar-refractivity contribution >= 4 is 0 Å². The molecule has 0 saturated heterocycles. The van der Waals surface area contributed by atoms with Crippen molar-refractivity contribution in [1.82, 2.24) is 0 Å². The van der Waals surface area contributed by atoms with E-state index in [-0.39, 0.29) is 6.10 Å². The predicted octanol–water partition coefficient (Wildman–Crippen LogP) is 3.36. The second kappa shape index (κ2) is 4.79. The molecule has 2 saturated carbocycles. The van der Waals surface area contributed by atoms with Gasteiger partial charge in [0, 0.05) is 0 Å². The van der Waals surface area contributed by atoms with Gasteiger partial charge in [0.05, 0.1) is 11.7 Å². The zero-order valence-electron chi connectivity index (χ0n) is 12.4. The molecule has 0 radical (unpaired) electrons. The molecule has 0 aromatic rings. The van der Waals surface area contributed by atoms with Gasteiger partial charge in [-0.05, 0) is 69.1 Å². The molecule has 5 atom stereocenters. The van der Waals surface area contributed by atoms with E-state index in [1.54, 1.807) is 0 Å². The van der Waals surface area contributed by atoms with E-state index < -0.39 is 5.60 Å². The molecule has 0 heterocycles. The van der Waals surface area contributed by atoms with Crippen molar-refractivity contribution in [1.29, 1.82) is 0 Å². The normalized spacial score (nSPS) is 42.7. The Hall–Kier alpha value is -0.0800. The average Bonchev–Trinajstić information content (AvgIpc) is 2.54. The maximum Gasteiger partial charge on any atom is 0.0594 e. The highest BCUT2D eigenvalue weighted by Crippen LogP contribution is 2.58. The first kappa shape index (κ1) is 14.3. The van der Waals surface area contributed by atoms with Crippen LogP contribution in [-0.2, 0) is 0 Å². The van der Waals surface area contributed by atoms with Gasteiger partial charge in [-0.2, -0.15) is 0 Å². The molecule has 2 fully saturated rings. The summed E-state index contributed by atoms with van der Waals surface area (Å²) >= 11 is 0. The van der Waals surface area contributed by atoms with E-state index in [0.717, 1.165) is 12.8 Å². The van der Waals surface area contributed by atoms with E-state index in [2.05, 4.69) is 13.8 Å². The molecular formula is C16H30O2. The third kappa shape index (κ3) is 2.60. The third-order valence-corrected chi connectivity index (χ3v) is 5.67. The maximum absolute atomic E-state index is 10.2. The molecule has 2 aliphatic carbocycles. The monoisotopic (exact) mass is 254 g/mol. The first-order valence-corrected chi connectivity index (χ1v) is 7.64. The standard InChI is InChI=1S/C16H30O2/c1-11(10-15(2,3)18)12-7-8-13-14(17)6-5-9-16(12,13)4/h11-14,17-18H,5-10H2,1-4H3/t11-,12?,13?,14+,16-/m1/s1. The van der Waals surface area contributed by atoms with Crippen LogP contribution in [0, 0.1) is 23.2 Å². The Bertz CT molecular complexity index is 294. The van der Waals surface area contributed by atoms with Crippen LogP contribution in [-0.4, -0.2) is 21.9 Å². The minimum absolute atomic E-state index is 0.0805. The predicted molar refractivity (Wildman–Crippen MR) is 74.3 cm³/mol. The fraction of sp³-hybridized carbons (Fsp3) is 1.00. The highest BCUT2D eigenvalue weighted by atomic mass is 16.3. The van der Waals surface area contributed by atoms with Gasteiger partial charge < -0.3 is 10.2 Å². The summed E-state index contributed by atoms with van der Waals surface area (Å²) in [5.74, 6) is 1.72. The molecule has 2 heteroatoms. The van der Waals surface area contributed by atoms with Crippen LogP contribution in [0.2, 0.25) is 0 Å². The molecule has 18 heavy (non-hydrogen) atoms. The van der Waals surface area contributed by atoms with Gasteiger partial charge in [-0.3, -0.25) is 0 Å². The van der Waals surface area contributed by atoms with Gasteiger partial charge in [0.2, 0.25) is 0 Å². The highest BCUT2D eigenvalue weighted by Gasteiger charge is 2.52. The zero-order valence-corrected chi connectivity index (χ0v) is 12.4. The largest absolute Gasteiger partial charge is 0.393 e.